The molecule has 1 N–H and O–H groups in total. The van der Waals surface area contributed by atoms with Crippen LogP contribution in [0.25, 0.3) is 0 Å². The molecule has 0 aliphatic heterocycles. The van der Waals surface area contributed by atoms with Crippen LogP contribution in [0.3, 0.4) is 0 Å². The van der Waals surface area contributed by atoms with Gasteiger partial charge in [0.05, 0.1) is 0 Å². The predicted octanol–water partition coefficient (Wildman–Crippen LogP) is 2.95. The lowest BCUT2D eigenvalue weighted by molar-refractivity contribution is -0.0285. The zero-order chi connectivity index (χ0) is 11.6. The summed E-state index contributed by atoms with van der Waals surface area (Å²) in [5.74, 6) is -3.04. The van der Waals surface area contributed by atoms with Gasteiger partial charge in [0.15, 0.2) is 0 Å². The quantitative estimate of drug-likeness (QED) is 0.812. The molecule has 88 valence electrons. The number of benzene rings is 1. The number of hydrogen-bond acceptors (Lipinski definition) is 1. The van der Waals surface area contributed by atoms with Crippen molar-refractivity contribution in [2.24, 2.45) is 5.92 Å². The lowest BCUT2D eigenvalue weighted by Crippen LogP contribution is -2.16. The van der Waals surface area contributed by atoms with Gasteiger partial charge in [0.1, 0.15) is 0 Å². The van der Waals surface area contributed by atoms with E-state index in [2.05, 4.69) is 5.32 Å². The van der Waals surface area contributed by atoms with E-state index in [1.165, 1.54) is 0 Å². The van der Waals surface area contributed by atoms with E-state index in [1.54, 1.807) is 12.1 Å². The fourth-order valence-electron chi connectivity index (χ4n) is 1.84. The van der Waals surface area contributed by atoms with Crippen LogP contribution in [0.2, 0.25) is 0 Å². The maximum atomic E-state index is 13.7. The number of rotatable bonds is 5. The van der Waals surface area contributed by atoms with Gasteiger partial charge in [-0.25, -0.2) is 8.78 Å². The lowest BCUT2D eigenvalue weighted by atomic mass is 10.0. The molecule has 1 aromatic rings. The van der Waals surface area contributed by atoms with Crippen molar-refractivity contribution in [2.75, 3.05) is 13.6 Å². The van der Waals surface area contributed by atoms with Gasteiger partial charge in [-0.05, 0) is 38.4 Å². The van der Waals surface area contributed by atoms with Crippen LogP contribution < -0.4 is 5.32 Å². The largest absolute Gasteiger partial charge is 0.319 e. The van der Waals surface area contributed by atoms with Gasteiger partial charge >= 0.3 is 0 Å². The van der Waals surface area contributed by atoms with Crippen molar-refractivity contribution in [3.05, 3.63) is 35.4 Å². The Labute approximate surface area is 94.9 Å². The Morgan fingerprint density at radius 1 is 1.25 bits per heavy atom. The first kappa shape index (κ1) is 11.5. The summed E-state index contributed by atoms with van der Waals surface area (Å²) in [4.78, 5) is 0. The van der Waals surface area contributed by atoms with Crippen LogP contribution in [0.4, 0.5) is 8.78 Å². The minimum absolute atomic E-state index is 0.170. The van der Waals surface area contributed by atoms with Crippen molar-refractivity contribution >= 4 is 0 Å². The van der Waals surface area contributed by atoms with E-state index in [0.717, 1.165) is 18.5 Å². The summed E-state index contributed by atoms with van der Waals surface area (Å²) < 4.78 is 27.4. The molecule has 0 spiro atoms. The first-order valence-corrected chi connectivity index (χ1v) is 5.76. The van der Waals surface area contributed by atoms with Gasteiger partial charge in [-0.2, -0.15) is 0 Å². The van der Waals surface area contributed by atoms with Gasteiger partial charge in [-0.15, -0.1) is 0 Å². The maximum absolute atomic E-state index is 13.7. The SMILES string of the molecule is CNCCc1ccc(C(F)(F)C2CC2)cc1. The van der Waals surface area contributed by atoms with E-state index in [9.17, 15) is 8.78 Å². The molecule has 0 heterocycles. The summed E-state index contributed by atoms with van der Waals surface area (Å²) in [6.07, 6.45) is 2.20. The summed E-state index contributed by atoms with van der Waals surface area (Å²) in [5.41, 5.74) is 1.27. The summed E-state index contributed by atoms with van der Waals surface area (Å²) in [6.45, 7) is 0.873. The lowest BCUT2D eigenvalue weighted by Gasteiger charge is -2.16. The van der Waals surface area contributed by atoms with Gasteiger partial charge < -0.3 is 5.32 Å². The van der Waals surface area contributed by atoms with Crippen molar-refractivity contribution in [1.82, 2.24) is 5.32 Å². The summed E-state index contributed by atoms with van der Waals surface area (Å²) in [5, 5.41) is 3.04. The van der Waals surface area contributed by atoms with Crippen molar-refractivity contribution in [3.63, 3.8) is 0 Å². The van der Waals surface area contributed by atoms with Crippen molar-refractivity contribution in [2.45, 2.75) is 25.2 Å². The standard InChI is InChI=1S/C13H17F2N/c1-16-9-8-10-2-4-11(5-3-10)13(14,15)12-6-7-12/h2-5,12,16H,6-9H2,1H3. The number of halogens is 2. The van der Waals surface area contributed by atoms with Gasteiger partial charge in [-0.3, -0.25) is 0 Å². The molecule has 3 heteroatoms. The molecule has 0 saturated heterocycles. The molecule has 0 amide bonds. The smallest absolute Gasteiger partial charge is 0.276 e. The van der Waals surface area contributed by atoms with Crippen molar-refractivity contribution in [3.8, 4) is 0 Å². The van der Waals surface area contributed by atoms with E-state index < -0.39 is 11.8 Å². The normalized spacial score (nSPS) is 16.4. The molecule has 0 unspecified atom stereocenters. The molecular weight excluding hydrogens is 208 g/mol. The summed E-state index contributed by atoms with van der Waals surface area (Å²) in [6, 6.07) is 6.76. The Hall–Kier alpha value is -0.960. The summed E-state index contributed by atoms with van der Waals surface area (Å²) in [7, 11) is 1.88. The molecule has 1 aliphatic rings. The Morgan fingerprint density at radius 3 is 2.38 bits per heavy atom. The third-order valence-electron chi connectivity index (χ3n) is 3.09. The van der Waals surface area contributed by atoms with Gasteiger partial charge in [0.25, 0.3) is 5.92 Å². The number of nitrogens with one attached hydrogen (secondary N) is 1. The zero-order valence-electron chi connectivity index (χ0n) is 9.47. The predicted molar refractivity (Wildman–Crippen MR) is 60.7 cm³/mol. The average molecular weight is 225 g/mol. The highest BCUT2D eigenvalue weighted by Gasteiger charge is 2.47. The van der Waals surface area contributed by atoms with Crippen LogP contribution in [-0.4, -0.2) is 13.6 Å². The molecule has 0 atom stereocenters. The zero-order valence-corrected chi connectivity index (χ0v) is 9.47. The highest BCUT2D eigenvalue weighted by molar-refractivity contribution is 5.27. The fourth-order valence-corrected chi connectivity index (χ4v) is 1.84. The highest BCUT2D eigenvalue weighted by atomic mass is 19.3. The topological polar surface area (TPSA) is 12.0 Å². The molecule has 2 rings (SSSR count). The molecule has 1 aliphatic carbocycles. The molecule has 0 radical (unpaired) electrons. The second-order valence-electron chi connectivity index (χ2n) is 4.45. The molecule has 16 heavy (non-hydrogen) atoms. The van der Waals surface area contributed by atoms with Crippen molar-refractivity contribution < 1.29 is 8.78 Å². The van der Waals surface area contributed by atoms with E-state index in [4.69, 9.17) is 0 Å². The van der Waals surface area contributed by atoms with Crippen LogP contribution in [0.1, 0.15) is 24.0 Å². The van der Waals surface area contributed by atoms with E-state index in [0.29, 0.717) is 12.8 Å². The molecule has 0 aromatic heterocycles. The van der Waals surface area contributed by atoms with Gasteiger partial charge in [0.2, 0.25) is 0 Å². The Bertz CT molecular complexity index is 341. The van der Waals surface area contributed by atoms with Crippen LogP contribution in [0, 0.1) is 5.92 Å². The van der Waals surface area contributed by atoms with Crippen LogP contribution in [0.5, 0.6) is 0 Å². The van der Waals surface area contributed by atoms with Crippen molar-refractivity contribution in [1.29, 1.82) is 0 Å². The maximum Gasteiger partial charge on any atom is 0.276 e. The van der Waals surface area contributed by atoms with E-state index in [-0.39, 0.29) is 5.56 Å². The van der Waals surface area contributed by atoms with Crippen LogP contribution >= 0.6 is 0 Å². The first-order valence-electron chi connectivity index (χ1n) is 5.76. The minimum Gasteiger partial charge on any atom is -0.319 e. The second-order valence-corrected chi connectivity index (χ2v) is 4.45. The molecule has 0 bridgehead atoms. The van der Waals surface area contributed by atoms with Crippen LogP contribution in [0.15, 0.2) is 24.3 Å². The van der Waals surface area contributed by atoms with E-state index in [1.807, 2.05) is 19.2 Å². The second kappa shape index (κ2) is 4.50. The average Bonchev–Trinajstić information content (AvgIpc) is 3.11. The van der Waals surface area contributed by atoms with Crippen LogP contribution in [-0.2, 0) is 12.3 Å². The van der Waals surface area contributed by atoms with Gasteiger partial charge in [0, 0.05) is 11.5 Å². The highest BCUT2D eigenvalue weighted by Crippen LogP contribution is 2.49. The van der Waals surface area contributed by atoms with E-state index >= 15 is 0 Å². The third kappa shape index (κ3) is 2.40. The number of alkyl halides is 2. The number of likely N-dealkylation sites (N-methyl/N-ethyl adjacent to an activating group) is 1. The summed E-state index contributed by atoms with van der Waals surface area (Å²) >= 11 is 0. The number of hydrogen-bond donors (Lipinski definition) is 1. The third-order valence-corrected chi connectivity index (χ3v) is 3.09. The molecular formula is C13H17F2N. The monoisotopic (exact) mass is 225 g/mol. The Balaban J connectivity index is 2.06. The first-order chi connectivity index (χ1) is 7.64. The molecule has 1 aromatic carbocycles. The van der Waals surface area contributed by atoms with Gasteiger partial charge in [-0.1, -0.05) is 24.3 Å². The molecule has 1 saturated carbocycles. The fraction of sp³-hybridized carbons (Fsp3) is 0.538. The molecule has 1 nitrogen and oxygen atoms in total. The molecule has 1 fully saturated rings. The minimum atomic E-state index is -2.62. The Morgan fingerprint density at radius 2 is 1.88 bits per heavy atom. The Kier molecular flexibility index (Phi) is 3.24.